The predicted molar refractivity (Wildman–Crippen MR) is 95.7 cm³/mol. The molecule has 0 saturated heterocycles. The maximum atomic E-state index is 13.2. The van der Waals surface area contributed by atoms with Gasteiger partial charge in [0.05, 0.1) is 21.7 Å². The minimum atomic E-state index is -4.78. The Bertz CT molecular complexity index is 1080. The number of hydrogen-bond acceptors (Lipinski definition) is 4. The molecule has 0 unspecified atom stereocenters. The van der Waals surface area contributed by atoms with Crippen molar-refractivity contribution in [1.29, 1.82) is 0 Å². The van der Waals surface area contributed by atoms with E-state index in [0.717, 1.165) is 12.1 Å². The Morgan fingerprint density at radius 3 is 2.59 bits per heavy atom. The normalized spacial score (nSPS) is 11.5. The number of para-hydroxylation sites is 2. The molecule has 1 N–H and O–H groups in total. The fourth-order valence-electron chi connectivity index (χ4n) is 2.55. The second-order valence-electron chi connectivity index (χ2n) is 5.84. The van der Waals surface area contributed by atoms with Crippen molar-refractivity contribution in [2.45, 2.75) is 12.7 Å². The van der Waals surface area contributed by atoms with Crippen LogP contribution >= 0.6 is 11.6 Å². The monoisotopic (exact) mass is 429 g/mol. The number of halogens is 5. The molecule has 0 atom stereocenters. The van der Waals surface area contributed by atoms with Crippen LogP contribution in [-0.2, 0) is 27.0 Å². The largest absolute Gasteiger partial charge is 0.454 e. The van der Waals surface area contributed by atoms with E-state index in [1.54, 1.807) is 0 Å². The maximum Gasteiger partial charge on any atom is 0.449 e. The Labute approximate surface area is 166 Å². The number of imidazole rings is 1. The van der Waals surface area contributed by atoms with E-state index in [-0.39, 0.29) is 21.7 Å². The third kappa shape index (κ3) is 4.83. The number of carbonyl (C=O) groups is 2. The molecule has 1 aromatic heterocycles. The predicted octanol–water partition coefficient (Wildman–Crippen LogP) is 4.03. The van der Waals surface area contributed by atoms with Crippen LogP contribution in [0.1, 0.15) is 5.82 Å². The molecular formula is C18H12ClF4N3O3. The number of fused-ring (bicyclic) bond motifs is 1. The molecule has 0 spiro atoms. The molecule has 3 rings (SSSR count). The molecule has 0 aliphatic heterocycles. The summed E-state index contributed by atoms with van der Waals surface area (Å²) in [5, 5.41) is 2.24. The van der Waals surface area contributed by atoms with Crippen LogP contribution in [0, 0.1) is 5.82 Å². The van der Waals surface area contributed by atoms with Crippen LogP contribution in [0.3, 0.4) is 0 Å². The maximum absolute atomic E-state index is 13.2. The van der Waals surface area contributed by atoms with Gasteiger partial charge in [-0.25, -0.2) is 9.37 Å². The van der Waals surface area contributed by atoms with Gasteiger partial charge < -0.3 is 14.6 Å². The van der Waals surface area contributed by atoms with Gasteiger partial charge in [-0.3, -0.25) is 9.59 Å². The zero-order chi connectivity index (χ0) is 21.2. The molecule has 152 valence electrons. The Hall–Kier alpha value is -3.14. The van der Waals surface area contributed by atoms with E-state index in [1.807, 2.05) is 0 Å². The van der Waals surface area contributed by atoms with Gasteiger partial charge in [0.2, 0.25) is 5.82 Å². The molecule has 6 nitrogen and oxygen atoms in total. The highest BCUT2D eigenvalue weighted by Crippen LogP contribution is 2.31. The SMILES string of the molecule is O=C(COC(=O)Cn1c(C(F)(F)F)nc2ccccc21)Nc1ccc(F)cc1Cl. The zero-order valence-electron chi connectivity index (χ0n) is 14.5. The molecule has 0 saturated carbocycles. The number of nitrogens with one attached hydrogen (secondary N) is 1. The number of benzene rings is 2. The standard InChI is InChI=1S/C18H12ClF4N3O3/c19-11-7-10(20)5-6-12(11)24-15(27)9-29-16(28)8-26-14-4-2-1-3-13(14)25-17(26)18(21,22)23/h1-7H,8-9H2,(H,24,27). The number of anilines is 1. The highest BCUT2D eigenvalue weighted by Gasteiger charge is 2.38. The molecule has 11 heteroatoms. The van der Waals surface area contributed by atoms with Crippen molar-refractivity contribution in [3.8, 4) is 0 Å². The summed E-state index contributed by atoms with van der Waals surface area (Å²) < 4.78 is 58.1. The molecule has 1 amide bonds. The molecule has 2 aromatic carbocycles. The Balaban J connectivity index is 1.67. The molecule has 0 fully saturated rings. The summed E-state index contributed by atoms with van der Waals surface area (Å²) in [7, 11) is 0. The van der Waals surface area contributed by atoms with Crippen molar-refractivity contribution >= 4 is 40.2 Å². The Morgan fingerprint density at radius 1 is 1.17 bits per heavy atom. The van der Waals surface area contributed by atoms with Crippen LogP contribution in [0.5, 0.6) is 0 Å². The lowest BCUT2D eigenvalue weighted by atomic mass is 10.3. The van der Waals surface area contributed by atoms with Crippen molar-refractivity contribution in [3.63, 3.8) is 0 Å². The van der Waals surface area contributed by atoms with Gasteiger partial charge in [0, 0.05) is 0 Å². The lowest BCUT2D eigenvalue weighted by molar-refractivity contribution is -0.152. The van der Waals surface area contributed by atoms with Gasteiger partial charge in [-0.1, -0.05) is 23.7 Å². The minimum absolute atomic E-state index is 0.0654. The van der Waals surface area contributed by atoms with Gasteiger partial charge in [-0.15, -0.1) is 0 Å². The van der Waals surface area contributed by atoms with Crippen molar-refractivity contribution < 1.29 is 31.9 Å². The molecule has 0 radical (unpaired) electrons. The number of ether oxygens (including phenoxy) is 1. The number of nitrogens with zero attached hydrogens (tertiary/aromatic N) is 2. The van der Waals surface area contributed by atoms with Gasteiger partial charge in [0.25, 0.3) is 5.91 Å². The van der Waals surface area contributed by atoms with Crippen LogP contribution in [0.4, 0.5) is 23.2 Å². The van der Waals surface area contributed by atoms with E-state index in [1.165, 1.54) is 30.3 Å². The fourth-order valence-corrected chi connectivity index (χ4v) is 2.76. The number of esters is 1. The lowest BCUT2D eigenvalue weighted by Crippen LogP contribution is -2.25. The fraction of sp³-hybridized carbons (Fsp3) is 0.167. The first-order valence-corrected chi connectivity index (χ1v) is 8.46. The second kappa shape index (κ2) is 8.08. The zero-order valence-corrected chi connectivity index (χ0v) is 15.2. The van der Waals surface area contributed by atoms with Crippen LogP contribution in [-0.4, -0.2) is 28.0 Å². The van der Waals surface area contributed by atoms with Gasteiger partial charge in [0.1, 0.15) is 12.4 Å². The molecule has 0 aliphatic rings. The van der Waals surface area contributed by atoms with Gasteiger partial charge in [-0.2, -0.15) is 13.2 Å². The van der Waals surface area contributed by atoms with Crippen LogP contribution in [0.25, 0.3) is 11.0 Å². The minimum Gasteiger partial charge on any atom is -0.454 e. The van der Waals surface area contributed by atoms with E-state index in [9.17, 15) is 27.2 Å². The summed E-state index contributed by atoms with van der Waals surface area (Å²) in [6, 6.07) is 9.04. The van der Waals surface area contributed by atoms with Crippen molar-refractivity contribution in [3.05, 3.63) is 59.1 Å². The molecule has 0 bridgehead atoms. The number of aromatic nitrogens is 2. The van der Waals surface area contributed by atoms with E-state index < -0.39 is 42.8 Å². The van der Waals surface area contributed by atoms with Gasteiger partial charge in [0.15, 0.2) is 6.61 Å². The van der Waals surface area contributed by atoms with Crippen molar-refractivity contribution in [2.24, 2.45) is 0 Å². The third-order valence-corrected chi connectivity index (χ3v) is 4.08. The van der Waals surface area contributed by atoms with Crippen molar-refractivity contribution in [2.75, 3.05) is 11.9 Å². The van der Waals surface area contributed by atoms with E-state index >= 15 is 0 Å². The van der Waals surface area contributed by atoms with Crippen molar-refractivity contribution in [1.82, 2.24) is 9.55 Å². The Kier molecular flexibility index (Phi) is 5.73. The Morgan fingerprint density at radius 2 is 1.90 bits per heavy atom. The second-order valence-corrected chi connectivity index (χ2v) is 6.25. The number of alkyl halides is 3. The summed E-state index contributed by atoms with van der Waals surface area (Å²) >= 11 is 5.77. The summed E-state index contributed by atoms with van der Waals surface area (Å²) in [6.07, 6.45) is -4.78. The smallest absolute Gasteiger partial charge is 0.449 e. The topological polar surface area (TPSA) is 73.2 Å². The first-order valence-electron chi connectivity index (χ1n) is 8.08. The summed E-state index contributed by atoms with van der Waals surface area (Å²) in [5.74, 6) is -3.72. The highest BCUT2D eigenvalue weighted by molar-refractivity contribution is 6.33. The average Bonchev–Trinajstić information content (AvgIpc) is 3.01. The van der Waals surface area contributed by atoms with E-state index in [2.05, 4.69) is 10.3 Å². The number of hydrogen-bond donors (Lipinski definition) is 1. The molecular weight excluding hydrogens is 418 g/mol. The quantitative estimate of drug-likeness (QED) is 0.491. The summed E-state index contributed by atoms with van der Waals surface area (Å²) in [5.41, 5.74) is 0.254. The summed E-state index contributed by atoms with van der Waals surface area (Å²) in [4.78, 5) is 27.4. The average molecular weight is 430 g/mol. The first kappa shape index (κ1) is 20.6. The third-order valence-electron chi connectivity index (χ3n) is 3.76. The van der Waals surface area contributed by atoms with Gasteiger partial charge >= 0.3 is 12.1 Å². The summed E-state index contributed by atoms with van der Waals surface area (Å²) in [6.45, 7) is -1.56. The van der Waals surface area contributed by atoms with E-state index in [4.69, 9.17) is 16.3 Å². The van der Waals surface area contributed by atoms with Crippen LogP contribution in [0.15, 0.2) is 42.5 Å². The van der Waals surface area contributed by atoms with Crippen LogP contribution < -0.4 is 5.32 Å². The molecule has 3 aromatic rings. The highest BCUT2D eigenvalue weighted by atomic mass is 35.5. The molecule has 0 aliphatic carbocycles. The van der Waals surface area contributed by atoms with E-state index in [0.29, 0.717) is 4.57 Å². The molecule has 29 heavy (non-hydrogen) atoms. The number of carbonyl (C=O) groups excluding carboxylic acids is 2. The lowest BCUT2D eigenvalue weighted by Gasteiger charge is -2.11. The van der Waals surface area contributed by atoms with Crippen LogP contribution in [0.2, 0.25) is 5.02 Å². The number of rotatable bonds is 5. The first-order chi connectivity index (χ1) is 13.6. The number of amides is 1. The van der Waals surface area contributed by atoms with Gasteiger partial charge in [-0.05, 0) is 30.3 Å². The molecule has 1 heterocycles.